The van der Waals surface area contributed by atoms with Crippen LogP contribution >= 0.6 is 15.9 Å². The van der Waals surface area contributed by atoms with Crippen LogP contribution in [0.15, 0.2) is 22.7 Å². The first kappa shape index (κ1) is 15.4. The molecule has 1 aromatic carbocycles. The highest BCUT2D eigenvalue weighted by Gasteiger charge is 2.22. The molecule has 2 unspecified atom stereocenters. The van der Waals surface area contributed by atoms with E-state index in [4.69, 9.17) is 0 Å². The van der Waals surface area contributed by atoms with E-state index in [2.05, 4.69) is 28.2 Å². The van der Waals surface area contributed by atoms with Gasteiger partial charge >= 0.3 is 0 Å². The summed E-state index contributed by atoms with van der Waals surface area (Å²) in [5.74, 6) is -0.00695. The molecule has 1 aliphatic rings. The molecule has 3 nitrogen and oxygen atoms in total. The summed E-state index contributed by atoms with van der Waals surface area (Å²) in [7, 11) is 0. The molecule has 0 radical (unpaired) electrons. The first-order chi connectivity index (χ1) is 9.47. The summed E-state index contributed by atoms with van der Waals surface area (Å²) in [5, 5.41) is 3.45. The Bertz CT molecular complexity index is 495. The summed E-state index contributed by atoms with van der Waals surface area (Å²) in [5.41, 5.74) is 1.03. The van der Waals surface area contributed by atoms with Gasteiger partial charge in [-0.05, 0) is 53.9 Å². The Kier molecular flexibility index (Phi) is 5.16. The van der Waals surface area contributed by atoms with Crippen molar-refractivity contribution in [2.45, 2.75) is 38.8 Å². The van der Waals surface area contributed by atoms with Crippen molar-refractivity contribution in [1.82, 2.24) is 10.2 Å². The van der Waals surface area contributed by atoms with Gasteiger partial charge in [-0.1, -0.05) is 6.07 Å². The van der Waals surface area contributed by atoms with Crippen LogP contribution in [-0.2, 0) is 4.79 Å². The van der Waals surface area contributed by atoms with Crippen molar-refractivity contribution in [2.24, 2.45) is 0 Å². The number of rotatable bonds is 5. The van der Waals surface area contributed by atoms with Crippen molar-refractivity contribution < 1.29 is 9.18 Å². The number of hydrogen-bond donors (Lipinski definition) is 1. The molecule has 0 aliphatic carbocycles. The van der Waals surface area contributed by atoms with Gasteiger partial charge in [0.15, 0.2) is 0 Å². The third-order valence-corrected chi connectivity index (χ3v) is 4.25. The van der Waals surface area contributed by atoms with Gasteiger partial charge in [0.1, 0.15) is 5.82 Å². The number of carbonyl (C=O) groups excluding carboxylic acids is 1. The Labute approximate surface area is 127 Å². The van der Waals surface area contributed by atoms with Crippen LogP contribution < -0.4 is 5.32 Å². The molecule has 5 heteroatoms. The highest BCUT2D eigenvalue weighted by molar-refractivity contribution is 9.10. The van der Waals surface area contributed by atoms with Crippen LogP contribution in [-0.4, -0.2) is 29.9 Å². The fraction of sp³-hybridized carbons (Fsp3) is 0.533. The van der Waals surface area contributed by atoms with Crippen molar-refractivity contribution >= 4 is 21.8 Å². The van der Waals surface area contributed by atoms with Gasteiger partial charge in [-0.15, -0.1) is 0 Å². The van der Waals surface area contributed by atoms with Crippen molar-refractivity contribution in [2.75, 3.05) is 13.1 Å². The Balaban J connectivity index is 1.91. The second kappa shape index (κ2) is 6.68. The number of amides is 1. The van der Waals surface area contributed by atoms with E-state index in [1.54, 1.807) is 12.1 Å². The van der Waals surface area contributed by atoms with Gasteiger partial charge < -0.3 is 10.2 Å². The highest BCUT2D eigenvalue weighted by atomic mass is 79.9. The van der Waals surface area contributed by atoms with Gasteiger partial charge in [0.2, 0.25) is 5.91 Å². The van der Waals surface area contributed by atoms with Crippen LogP contribution in [0.2, 0.25) is 0 Å². The van der Waals surface area contributed by atoms with E-state index in [0.29, 0.717) is 10.9 Å². The zero-order valence-corrected chi connectivity index (χ0v) is 13.4. The molecule has 0 aromatic heterocycles. The van der Waals surface area contributed by atoms with Gasteiger partial charge in [0.25, 0.3) is 0 Å². The van der Waals surface area contributed by atoms with Gasteiger partial charge in [-0.3, -0.25) is 4.79 Å². The van der Waals surface area contributed by atoms with E-state index >= 15 is 0 Å². The maximum atomic E-state index is 13.2. The zero-order valence-electron chi connectivity index (χ0n) is 11.8. The molecule has 1 N–H and O–H groups in total. The summed E-state index contributed by atoms with van der Waals surface area (Å²) in [6.07, 6.45) is 1.64. The van der Waals surface area contributed by atoms with Crippen LogP contribution in [0.25, 0.3) is 0 Å². The summed E-state index contributed by atoms with van der Waals surface area (Å²) < 4.78 is 13.7. The maximum Gasteiger partial charge on any atom is 0.222 e. The van der Waals surface area contributed by atoms with Gasteiger partial charge in [0.05, 0.1) is 4.47 Å². The smallest absolute Gasteiger partial charge is 0.222 e. The largest absolute Gasteiger partial charge is 0.341 e. The lowest BCUT2D eigenvalue weighted by Crippen LogP contribution is -2.40. The molecule has 110 valence electrons. The predicted molar refractivity (Wildman–Crippen MR) is 80.9 cm³/mol. The first-order valence-corrected chi connectivity index (χ1v) is 7.75. The van der Waals surface area contributed by atoms with E-state index in [-0.39, 0.29) is 23.8 Å². The number of halogens is 2. The first-order valence-electron chi connectivity index (χ1n) is 6.96. The van der Waals surface area contributed by atoms with Crippen molar-refractivity contribution in [1.29, 1.82) is 0 Å². The molecule has 1 heterocycles. The Morgan fingerprint density at radius 1 is 1.45 bits per heavy atom. The lowest BCUT2D eigenvalue weighted by molar-refractivity contribution is -0.127. The second-order valence-electron chi connectivity index (χ2n) is 5.41. The van der Waals surface area contributed by atoms with Crippen molar-refractivity contribution in [3.63, 3.8) is 0 Å². The van der Waals surface area contributed by atoms with Gasteiger partial charge in [-0.2, -0.15) is 0 Å². The van der Waals surface area contributed by atoms with Crippen LogP contribution in [0, 0.1) is 5.82 Å². The average Bonchev–Trinajstić information content (AvgIpc) is 2.78. The number of benzene rings is 1. The maximum absolute atomic E-state index is 13.2. The predicted octanol–water partition coefficient (Wildman–Crippen LogP) is 3.25. The molecule has 2 atom stereocenters. The van der Waals surface area contributed by atoms with Gasteiger partial charge in [0, 0.05) is 31.6 Å². The van der Waals surface area contributed by atoms with Gasteiger partial charge in [-0.25, -0.2) is 4.39 Å². The molecule has 0 bridgehead atoms. The quantitative estimate of drug-likeness (QED) is 0.890. The van der Waals surface area contributed by atoms with E-state index in [1.807, 2.05) is 11.8 Å². The van der Waals surface area contributed by atoms with E-state index in [1.165, 1.54) is 6.07 Å². The van der Waals surface area contributed by atoms with E-state index < -0.39 is 0 Å². The van der Waals surface area contributed by atoms with Crippen LogP contribution in [0.5, 0.6) is 0 Å². The molecule has 1 amide bonds. The Morgan fingerprint density at radius 2 is 2.20 bits per heavy atom. The van der Waals surface area contributed by atoms with Crippen LogP contribution in [0.1, 0.15) is 38.3 Å². The van der Waals surface area contributed by atoms with E-state index in [9.17, 15) is 9.18 Å². The van der Waals surface area contributed by atoms with E-state index in [0.717, 1.165) is 25.1 Å². The number of likely N-dealkylation sites (tertiary alicyclic amines) is 1. The zero-order chi connectivity index (χ0) is 14.7. The lowest BCUT2D eigenvalue weighted by Gasteiger charge is -2.25. The summed E-state index contributed by atoms with van der Waals surface area (Å²) in [6.45, 7) is 5.70. The number of nitrogens with zero attached hydrogens (tertiary/aromatic N) is 1. The normalized spacial score (nSPS) is 18.4. The van der Waals surface area contributed by atoms with Crippen LogP contribution in [0.3, 0.4) is 0 Å². The molecule has 20 heavy (non-hydrogen) atoms. The fourth-order valence-corrected chi connectivity index (χ4v) is 2.98. The topological polar surface area (TPSA) is 32.3 Å². The molecule has 2 rings (SSSR count). The van der Waals surface area contributed by atoms with Crippen molar-refractivity contribution in [3.8, 4) is 0 Å². The third kappa shape index (κ3) is 3.79. The standard InChI is InChI=1S/C15H20BrFN2O/c1-10(9-19-7-3-4-15(19)20)18-11(2)12-5-6-14(17)13(16)8-12/h5-6,8,10-11,18H,3-4,7,9H2,1-2H3. The molecule has 1 fully saturated rings. The minimum Gasteiger partial charge on any atom is -0.341 e. The summed E-state index contributed by atoms with van der Waals surface area (Å²) in [6, 6.07) is 5.36. The Hall–Kier alpha value is -0.940. The highest BCUT2D eigenvalue weighted by Crippen LogP contribution is 2.21. The molecule has 0 saturated carbocycles. The molecule has 1 aliphatic heterocycles. The monoisotopic (exact) mass is 342 g/mol. The number of nitrogens with one attached hydrogen (secondary N) is 1. The van der Waals surface area contributed by atoms with Crippen LogP contribution in [0.4, 0.5) is 4.39 Å². The third-order valence-electron chi connectivity index (χ3n) is 3.64. The fourth-order valence-electron chi connectivity index (χ4n) is 2.59. The second-order valence-corrected chi connectivity index (χ2v) is 6.26. The molecular formula is C15H20BrFN2O. The average molecular weight is 343 g/mol. The van der Waals surface area contributed by atoms with Crippen molar-refractivity contribution in [3.05, 3.63) is 34.1 Å². The SMILES string of the molecule is CC(CN1CCCC1=O)NC(C)c1ccc(F)c(Br)c1. The summed E-state index contributed by atoms with van der Waals surface area (Å²) in [4.78, 5) is 13.5. The number of hydrogen-bond acceptors (Lipinski definition) is 2. The number of carbonyl (C=O) groups is 1. The minimum atomic E-state index is -0.253. The molecule has 1 aromatic rings. The Morgan fingerprint density at radius 3 is 2.80 bits per heavy atom. The molecule has 1 saturated heterocycles. The molecular weight excluding hydrogens is 323 g/mol. The molecule has 0 spiro atoms. The lowest BCUT2D eigenvalue weighted by atomic mass is 10.1. The minimum absolute atomic E-state index is 0.111. The summed E-state index contributed by atoms with van der Waals surface area (Å²) >= 11 is 3.20.